The third-order valence-electron chi connectivity index (χ3n) is 5.72. The van der Waals surface area contributed by atoms with Crippen molar-refractivity contribution in [3.63, 3.8) is 0 Å². The lowest BCUT2D eigenvalue weighted by molar-refractivity contribution is -0.145. The van der Waals surface area contributed by atoms with Crippen LogP contribution in [0.15, 0.2) is 18.3 Å². The second-order valence-electron chi connectivity index (χ2n) is 8.98. The van der Waals surface area contributed by atoms with Crippen LogP contribution in [0.2, 0.25) is 0 Å². The first kappa shape index (κ1) is 20.1. The summed E-state index contributed by atoms with van der Waals surface area (Å²) in [6.07, 6.45) is 3.56. The van der Waals surface area contributed by atoms with Gasteiger partial charge in [-0.2, -0.15) is 0 Å². The summed E-state index contributed by atoms with van der Waals surface area (Å²) in [6.45, 7) is 10.1. The maximum Gasteiger partial charge on any atom is 0.227 e. The molecule has 2 fully saturated rings. The van der Waals surface area contributed by atoms with E-state index in [0.29, 0.717) is 19.6 Å². The highest BCUT2D eigenvalue weighted by Gasteiger charge is 2.35. The topological polar surface area (TPSA) is 69.6 Å². The number of carbonyl (C=O) groups is 2. The number of piperidine rings is 1. The maximum atomic E-state index is 13.1. The number of anilines is 1. The van der Waals surface area contributed by atoms with Crippen LogP contribution in [-0.2, 0) is 9.59 Å². The van der Waals surface area contributed by atoms with Gasteiger partial charge in [0.2, 0.25) is 11.8 Å². The Labute approximate surface area is 175 Å². The Morgan fingerprint density at radius 3 is 2.55 bits per heavy atom. The van der Waals surface area contributed by atoms with Gasteiger partial charge < -0.3 is 14.7 Å². The van der Waals surface area contributed by atoms with E-state index < -0.39 is 5.41 Å². The van der Waals surface area contributed by atoms with Crippen LogP contribution in [0.1, 0.15) is 33.6 Å². The number of pyridine rings is 1. The molecule has 0 radical (unpaired) electrons. The standard InChI is InChI=1S/C21H29N5O2S/c1-21(2,3)19(28)26-9-5-6-15(14-26)18(27)24-10-12-25(13-11-24)20-23-16-7-4-8-22-17(16)29-20/h4,7-8,15H,5-6,9-14H2,1-3H3. The Kier molecular flexibility index (Phi) is 5.46. The molecule has 4 heterocycles. The molecule has 1 atom stereocenters. The molecule has 0 aromatic carbocycles. The summed E-state index contributed by atoms with van der Waals surface area (Å²) in [6, 6.07) is 3.89. The average Bonchev–Trinajstić information content (AvgIpc) is 3.16. The number of fused-ring (bicyclic) bond motifs is 1. The van der Waals surface area contributed by atoms with E-state index in [9.17, 15) is 9.59 Å². The number of nitrogens with zero attached hydrogens (tertiary/aromatic N) is 5. The van der Waals surface area contributed by atoms with Gasteiger partial charge in [0.05, 0.1) is 5.92 Å². The smallest absolute Gasteiger partial charge is 0.227 e. The predicted molar refractivity (Wildman–Crippen MR) is 115 cm³/mol. The SMILES string of the molecule is CC(C)(C)C(=O)N1CCCC(C(=O)N2CCN(c3nc4cccnc4s3)CC2)C1. The van der Waals surface area contributed by atoms with Crippen molar-refractivity contribution >= 4 is 38.6 Å². The van der Waals surface area contributed by atoms with Crippen LogP contribution in [0.5, 0.6) is 0 Å². The second kappa shape index (κ2) is 7.89. The quantitative estimate of drug-likeness (QED) is 0.754. The number of hydrogen-bond donors (Lipinski definition) is 0. The van der Waals surface area contributed by atoms with Crippen molar-refractivity contribution in [1.29, 1.82) is 0 Å². The van der Waals surface area contributed by atoms with Gasteiger partial charge in [-0.3, -0.25) is 9.59 Å². The molecule has 2 aromatic heterocycles. The molecule has 4 rings (SSSR count). The van der Waals surface area contributed by atoms with Crippen molar-refractivity contribution < 1.29 is 9.59 Å². The Bertz CT molecular complexity index is 865. The van der Waals surface area contributed by atoms with E-state index in [0.717, 1.165) is 48.0 Å². The minimum Gasteiger partial charge on any atom is -0.344 e. The van der Waals surface area contributed by atoms with E-state index in [1.807, 2.05) is 42.7 Å². The Morgan fingerprint density at radius 1 is 1.10 bits per heavy atom. The lowest BCUT2D eigenvalue weighted by atomic mass is 9.90. The Hall–Kier alpha value is -2.22. The van der Waals surface area contributed by atoms with E-state index in [1.54, 1.807) is 17.5 Å². The highest BCUT2D eigenvalue weighted by atomic mass is 32.1. The zero-order valence-electron chi connectivity index (χ0n) is 17.4. The van der Waals surface area contributed by atoms with Gasteiger partial charge in [0.1, 0.15) is 10.3 Å². The zero-order chi connectivity index (χ0) is 20.6. The van der Waals surface area contributed by atoms with Gasteiger partial charge in [0, 0.05) is 50.9 Å². The van der Waals surface area contributed by atoms with Gasteiger partial charge in [-0.15, -0.1) is 0 Å². The van der Waals surface area contributed by atoms with Crippen LogP contribution < -0.4 is 4.90 Å². The van der Waals surface area contributed by atoms with E-state index in [-0.39, 0.29) is 17.7 Å². The van der Waals surface area contributed by atoms with Crippen LogP contribution in [0.4, 0.5) is 5.13 Å². The summed E-state index contributed by atoms with van der Waals surface area (Å²) >= 11 is 1.60. The maximum absolute atomic E-state index is 13.1. The fourth-order valence-corrected chi connectivity index (χ4v) is 5.07. The molecule has 2 amide bonds. The normalized spacial score (nSPS) is 20.9. The van der Waals surface area contributed by atoms with Crippen molar-refractivity contribution in [3.05, 3.63) is 18.3 Å². The van der Waals surface area contributed by atoms with Crippen LogP contribution in [0.25, 0.3) is 10.3 Å². The predicted octanol–water partition coefficient (Wildman–Crippen LogP) is 2.62. The lowest BCUT2D eigenvalue weighted by Crippen LogP contribution is -2.54. The number of carbonyl (C=O) groups excluding carboxylic acids is 2. The van der Waals surface area contributed by atoms with Crippen molar-refractivity contribution in [2.75, 3.05) is 44.2 Å². The van der Waals surface area contributed by atoms with Gasteiger partial charge in [-0.25, -0.2) is 9.97 Å². The third kappa shape index (κ3) is 4.22. The van der Waals surface area contributed by atoms with Crippen LogP contribution in [0.3, 0.4) is 0 Å². The molecule has 29 heavy (non-hydrogen) atoms. The van der Waals surface area contributed by atoms with E-state index in [4.69, 9.17) is 0 Å². The third-order valence-corrected chi connectivity index (χ3v) is 6.76. The van der Waals surface area contributed by atoms with Crippen molar-refractivity contribution in [2.45, 2.75) is 33.6 Å². The van der Waals surface area contributed by atoms with Crippen molar-refractivity contribution in [3.8, 4) is 0 Å². The molecule has 1 unspecified atom stereocenters. The first-order valence-corrected chi connectivity index (χ1v) is 11.2. The largest absolute Gasteiger partial charge is 0.344 e. The van der Waals surface area contributed by atoms with Crippen LogP contribution in [0, 0.1) is 11.3 Å². The number of amides is 2. The lowest BCUT2D eigenvalue weighted by Gasteiger charge is -2.40. The van der Waals surface area contributed by atoms with E-state index >= 15 is 0 Å². The van der Waals surface area contributed by atoms with Gasteiger partial charge >= 0.3 is 0 Å². The average molecular weight is 416 g/mol. The molecule has 2 aliphatic heterocycles. The number of thiazole rings is 1. The number of piperazine rings is 1. The molecule has 2 saturated heterocycles. The summed E-state index contributed by atoms with van der Waals surface area (Å²) in [5, 5.41) is 0.977. The molecule has 8 heteroatoms. The van der Waals surface area contributed by atoms with E-state index in [2.05, 4.69) is 14.9 Å². The summed E-state index contributed by atoms with van der Waals surface area (Å²) in [5.41, 5.74) is 0.527. The summed E-state index contributed by atoms with van der Waals surface area (Å²) in [5.74, 6) is 0.263. The van der Waals surface area contributed by atoms with Crippen molar-refractivity contribution in [1.82, 2.24) is 19.8 Å². The minimum atomic E-state index is -0.400. The van der Waals surface area contributed by atoms with E-state index in [1.165, 1.54) is 0 Å². The molecular formula is C21H29N5O2S. The molecule has 0 bridgehead atoms. The number of likely N-dealkylation sites (tertiary alicyclic amines) is 1. The first-order valence-electron chi connectivity index (χ1n) is 10.4. The molecular weight excluding hydrogens is 386 g/mol. The van der Waals surface area contributed by atoms with Crippen LogP contribution in [-0.4, -0.2) is 70.9 Å². The van der Waals surface area contributed by atoms with Gasteiger partial charge in [0.15, 0.2) is 5.13 Å². The summed E-state index contributed by atoms with van der Waals surface area (Å²) < 4.78 is 0. The highest BCUT2D eigenvalue weighted by molar-refractivity contribution is 7.21. The minimum absolute atomic E-state index is 0.0757. The molecule has 0 aliphatic carbocycles. The summed E-state index contributed by atoms with van der Waals surface area (Å²) in [4.78, 5) is 41.8. The zero-order valence-corrected chi connectivity index (χ0v) is 18.2. The molecule has 156 valence electrons. The fraction of sp³-hybridized carbons (Fsp3) is 0.619. The molecule has 2 aromatic rings. The summed E-state index contributed by atoms with van der Waals surface area (Å²) in [7, 11) is 0. The van der Waals surface area contributed by atoms with Gasteiger partial charge in [-0.1, -0.05) is 32.1 Å². The molecule has 0 spiro atoms. The first-order chi connectivity index (χ1) is 13.8. The Balaban J connectivity index is 1.35. The second-order valence-corrected chi connectivity index (χ2v) is 9.93. The van der Waals surface area contributed by atoms with Crippen LogP contribution >= 0.6 is 11.3 Å². The fourth-order valence-electron chi connectivity index (χ4n) is 4.11. The van der Waals surface area contributed by atoms with Gasteiger partial charge in [-0.05, 0) is 25.0 Å². The molecule has 2 aliphatic rings. The number of hydrogen-bond acceptors (Lipinski definition) is 6. The highest BCUT2D eigenvalue weighted by Crippen LogP contribution is 2.29. The molecule has 0 N–H and O–H groups in total. The van der Waals surface area contributed by atoms with Gasteiger partial charge in [0.25, 0.3) is 0 Å². The molecule has 7 nitrogen and oxygen atoms in total. The van der Waals surface area contributed by atoms with Crippen molar-refractivity contribution in [2.24, 2.45) is 11.3 Å². The number of rotatable bonds is 2. The molecule has 0 saturated carbocycles. The number of aromatic nitrogens is 2. The Morgan fingerprint density at radius 2 is 1.86 bits per heavy atom. The monoisotopic (exact) mass is 415 g/mol.